The second kappa shape index (κ2) is 5.79. The first-order valence-electron chi connectivity index (χ1n) is 5.61. The number of nitrogens with zero attached hydrogens (tertiary/aromatic N) is 4. The van der Waals surface area contributed by atoms with Crippen LogP contribution in [-0.4, -0.2) is 43.5 Å². The highest BCUT2D eigenvalue weighted by atomic mass is 32.2. The third kappa shape index (κ3) is 3.28. The molecule has 1 aromatic heterocycles. The van der Waals surface area contributed by atoms with Crippen LogP contribution in [0.1, 0.15) is 0 Å². The van der Waals surface area contributed by atoms with Gasteiger partial charge in [0, 0.05) is 40.1 Å². The molecule has 2 aromatic rings. The van der Waals surface area contributed by atoms with Crippen molar-refractivity contribution in [1.82, 2.24) is 20.2 Å². The minimum atomic E-state index is -0.891. The molecule has 7 nitrogen and oxygen atoms in total. The molecule has 1 unspecified atom stereocenters. The molecule has 8 heteroatoms. The Hall–Kier alpha value is -1.96. The van der Waals surface area contributed by atoms with Gasteiger partial charge in [-0.25, -0.2) is 4.68 Å². The average Bonchev–Trinajstić information content (AvgIpc) is 2.83. The molecule has 19 heavy (non-hydrogen) atoms. The Balaban J connectivity index is 2.33. The number of methoxy groups -OCH3 is 1. The molecule has 0 saturated heterocycles. The molecular formula is C11H15N5O2S. The summed E-state index contributed by atoms with van der Waals surface area (Å²) in [5, 5.41) is 11.5. The Morgan fingerprint density at radius 2 is 2.21 bits per heavy atom. The zero-order chi connectivity index (χ0) is 13.8. The summed E-state index contributed by atoms with van der Waals surface area (Å²) in [7, 11) is 0.680. The molecule has 0 aliphatic carbocycles. The Kier molecular flexibility index (Phi) is 4.10. The second-order valence-corrected chi connectivity index (χ2v) is 5.55. The Morgan fingerprint density at radius 1 is 1.42 bits per heavy atom. The summed E-state index contributed by atoms with van der Waals surface area (Å²) in [5.41, 5.74) is 7.15. The lowest BCUT2D eigenvalue weighted by atomic mass is 10.2. The molecule has 1 atom stereocenters. The van der Waals surface area contributed by atoms with Crippen LogP contribution in [0.2, 0.25) is 0 Å². The van der Waals surface area contributed by atoms with Gasteiger partial charge in [0.05, 0.1) is 13.7 Å². The molecule has 1 heterocycles. The van der Waals surface area contributed by atoms with Crippen LogP contribution in [-0.2, 0) is 17.3 Å². The summed E-state index contributed by atoms with van der Waals surface area (Å²) >= 11 is 0. The largest absolute Gasteiger partial charge is 0.497 e. The molecular weight excluding hydrogens is 266 g/mol. The van der Waals surface area contributed by atoms with Gasteiger partial charge in [0.25, 0.3) is 0 Å². The average molecular weight is 281 g/mol. The van der Waals surface area contributed by atoms with E-state index >= 15 is 0 Å². The minimum Gasteiger partial charge on any atom is -0.497 e. The van der Waals surface area contributed by atoms with E-state index in [9.17, 15) is 4.21 Å². The Bertz CT molecular complexity index is 599. The predicted octanol–water partition coefficient (Wildman–Crippen LogP) is 0.309. The first-order chi connectivity index (χ1) is 9.10. The molecule has 0 fully saturated rings. The quantitative estimate of drug-likeness (QED) is 0.792. The molecule has 0 aliphatic rings. The number of nitrogen functional groups attached to an aromatic ring is 1. The van der Waals surface area contributed by atoms with E-state index in [4.69, 9.17) is 10.5 Å². The summed E-state index contributed by atoms with van der Waals surface area (Å²) in [4.78, 5) is 0. The van der Waals surface area contributed by atoms with E-state index in [0.717, 1.165) is 5.56 Å². The maximum atomic E-state index is 11.1. The van der Waals surface area contributed by atoms with Gasteiger partial charge in [-0.15, -0.1) is 5.10 Å². The highest BCUT2D eigenvalue weighted by Crippen LogP contribution is 2.25. The molecule has 102 valence electrons. The molecule has 0 spiro atoms. The van der Waals surface area contributed by atoms with Crippen LogP contribution in [0.15, 0.2) is 18.2 Å². The van der Waals surface area contributed by atoms with Crippen molar-refractivity contribution in [2.24, 2.45) is 0 Å². The summed E-state index contributed by atoms with van der Waals surface area (Å²) in [6.45, 7) is 0.489. The van der Waals surface area contributed by atoms with Gasteiger partial charge in [-0.2, -0.15) is 0 Å². The second-order valence-electron chi connectivity index (χ2n) is 4.00. The number of ether oxygens (including phenoxy) is 1. The van der Waals surface area contributed by atoms with Gasteiger partial charge in [0.15, 0.2) is 5.82 Å². The Labute approximate surface area is 113 Å². The molecule has 0 aliphatic heterocycles. The normalized spacial score (nSPS) is 12.3. The van der Waals surface area contributed by atoms with Crippen LogP contribution in [0.3, 0.4) is 0 Å². The number of benzene rings is 1. The van der Waals surface area contributed by atoms with Gasteiger partial charge in [0.1, 0.15) is 5.75 Å². The van der Waals surface area contributed by atoms with Crippen LogP contribution in [0, 0.1) is 0 Å². The topological polar surface area (TPSA) is 95.9 Å². The van der Waals surface area contributed by atoms with E-state index < -0.39 is 10.8 Å². The van der Waals surface area contributed by atoms with E-state index in [1.54, 1.807) is 30.2 Å². The zero-order valence-electron chi connectivity index (χ0n) is 10.7. The molecule has 2 N–H and O–H groups in total. The number of anilines is 1. The fourth-order valence-corrected chi connectivity index (χ4v) is 2.08. The molecule has 0 amide bonds. The van der Waals surface area contributed by atoms with E-state index in [2.05, 4.69) is 15.5 Å². The number of hydrogen-bond acceptors (Lipinski definition) is 6. The van der Waals surface area contributed by atoms with Crippen molar-refractivity contribution in [3.05, 3.63) is 18.2 Å². The fourth-order valence-electron chi connectivity index (χ4n) is 1.65. The van der Waals surface area contributed by atoms with E-state index in [1.165, 1.54) is 0 Å². The maximum Gasteiger partial charge on any atom is 0.182 e. The lowest BCUT2D eigenvalue weighted by molar-refractivity contribution is 0.415. The summed E-state index contributed by atoms with van der Waals surface area (Å²) < 4.78 is 17.9. The monoisotopic (exact) mass is 281 g/mol. The van der Waals surface area contributed by atoms with Crippen molar-refractivity contribution in [3.8, 4) is 17.1 Å². The van der Waals surface area contributed by atoms with Crippen LogP contribution in [0.25, 0.3) is 11.4 Å². The third-order valence-electron chi connectivity index (χ3n) is 2.55. The van der Waals surface area contributed by atoms with E-state index in [0.29, 0.717) is 29.6 Å². The summed E-state index contributed by atoms with van der Waals surface area (Å²) in [6.07, 6.45) is 1.65. The number of nitrogens with two attached hydrogens (primary N) is 1. The van der Waals surface area contributed by atoms with Gasteiger partial charge in [-0.1, -0.05) is 0 Å². The van der Waals surface area contributed by atoms with Crippen molar-refractivity contribution in [1.29, 1.82) is 0 Å². The van der Waals surface area contributed by atoms with Crippen molar-refractivity contribution < 1.29 is 8.95 Å². The Morgan fingerprint density at radius 3 is 2.89 bits per heavy atom. The van der Waals surface area contributed by atoms with Gasteiger partial charge >= 0.3 is 0 Å². The van der Waals surface area contributed by atoms with Crippen molar-refractivity contribution in [3.63, 3.8) is 0 Å². The number of rotatable bonds is 5. The van der Waals surface area contributed by atoms with Crippen molar-refractivity contribution in [2.75, 3.05) is 24.9 Å². The molecule has 0 saturated carbocycles. The zero-order valence-corrected chi connectivity index (χ0v) is 11.6. The highest BCUT2D eigenvalue weighted by molar-refractivity contribution is 7.84. The van der Waals surface area contributed by atoms with Crippen molar-refractivity contribution in [2.45, 2.75) is 6.54 Å². The number of aryl methyl sites for hydroxylation is 1. The van der Waals surface area contributed by atoms with Gasteiger partial charge in [0.2, 0.25) is 0 Å². The van der Waals surface area contributed by atoms with E-state index in [-0.39, 0.29) is 0 Å². The first-order valence-corrected chi connectivity index (χ1v) is 7.34. The fraction of sp³-hybridized carbons (Fsp3) is 0.364. The molecule has 1 aromatic carbocycles. The van der Waals surface area contributed by atoms with Crippen molar-refractivity contribution >= 4 is 16.5 Å². The number of tetrazole rings is 1. The standard InChI is InChI=1S/C11H15N5O2S/c1-18-10-6-8(5-9(12)7-10)11-13-14-15-16(11)3-4-19(2)17/h5-7H,3-4,12H2,1-2H3. The molecule has 0 bridgehead atoms. The van der Waals surface area contributed by atoms with Crippen LogP contribution in [0.5, 0.6) is 5.75 Å². The smallest absolute Gasteiger partial charge is 0.182 e. The third-order valence-corrected chi connectivity index (χ3v) is 3.30. The van der Waals surface area contributed by atoms with Crippen LogP contribution in [0.4, 0.5) is 5.69 Å². The molecule has 2 rings (SSSR count). The van der Waals surface area contributed by atoms with Gasteiger partial charge < -0.3 is 10.5 Å². The first kappa shape index (κ1) is 13.5. The SMILES string of the molecule is COc1cc(N)cc(-c2nnnn2CCS(C)=O)c1. The van der Waals surface area contributed by atoms with Crippen LogP contribution < -0.4 is 10.5 Å². The number of hydrogen-bond donors (Lipinski definition) is 1. The number of aromatic nitrogens is 4. The molecule has 0 radical (unpaired) electrons. The summed E-state index contributed by atoms with van der Waals surface area (Å²) in [5.74, 6) is 1.72. The van der Waals surface area contributed by atoms with E-state index in [1.807, 2.05) is 6.07 Å². The lowest BCUT2D eigenvalue weighted by Gasteiger charge is -2.07. The maximum absolute atomic E-state index is 11.1. The highest BCUT2D eigenvalue weighted by Gasteiger charge is 2.11. The lowest BCUT2D eigenvalue weighted by Crippen LogP contribution is -2.09. The van der Waals surface area contributed by atoms with Crippen LogP contribution >= 0.6 is 0 Å². The minimum absolute atomic E-state index is 0.489. The summed E-state index contributed by atoms with van der Waals surface area (Å²) in [6, 6.07) is 5.30. The van der Waals surface area contributed by atoms with Gasteiger partial charge in [-0.3, -0.25) is 4.21 Å². The predicted molar refractivity (Wildman–Crippen MR) is 73.2 cm³/mol. The van der Waals surface area contributed by atoms with Gasteiger partial charge in [-0.05, 0) is 22.6 Å².